The quantitative estimate of drug-likeness (QED) is 0.324. The SMILES string of the molecule is CCCCCCCCCC(C)(C)c1ccc(Nc2ccc3ccccc3c2)cc1. The Morgan fingerprint density at radius 2 is 1.28 bits per heavy atom. The maximum absolute atomic E-state index is 3.55. The molecule has 1 N–H and O–H groups in total. The lowest BCUT2D eigenvalue weighted by Crippen LogP contribution is -2.16. The topological polar surface area (TPSA) is 12.0 Å². The van der Waals surface area contributed by atoms with Crippen molar-refractivity contribution in [1.82, 2.24) is 0 Å². The maximum Gasteiger partial charge on any atom is 0.0390 e. The van der Waals surface area contributed by atoms with E-state index >= 15 is 0 Å². The van der Waals surface area contributed by atoms with Gasteiger partial charge in [-0.2, -0.15) is 0 Å². The number of hydrogen-bond donors (Lipinski definition) is 1. The second-order valence-corrected chi connectivity index (χ2v) is 9.02. The van der Waals surface area contributed by atoms with Crippen LogP contribution in [-0.4, -0.2) is 0 Å². The predicted octanol–water partition coefficient (Wildman–Crippen LogP) is 9.00. The smallest absolute Gasteiger partial charge is 0.0390 e. The molecule has 0 saturated carbocycles. The number of hydrogen-bond acceptors (Lipinski definition) is 1. The molecule has 0 heterocycles. The Morgan fingerprint density at radius 1 is 0.655 bits per heavy atom. The first-order valence-electron chi connectivity index (χ1n) is 11.4. The summed E-state index contributed by atoms with van der Waals surface area (Å²) in [6, 6.07) is 24.1. The van der Waals surface area contributed by atoms with Gasteiger partial charge in [0.2, 0.25) is 0 Å². The van der Waals surface area contributed by atoms with Gasteiger partial charge in [0.1, 0.15) is 0 Å². The number of anilines is 2. The van der Waals surface area contributed by atoms with Crippen molar-refractivity contribution >= 4 is 22.1 Å². The first-order chi connectivity index (χ1) is 14.1. The van der Waals surface area contributed by atoms with E-state index in [0.717, 1.165) is 11.4 Å². The van der Waals surface area contributed by atoms with Crippen molar-refractivity contribution in [2.75, 3.05) is 5.32 Å². The van der Waals surface area contributed by atoms with Crippen molar-refractivity contribution in [3.8, 4) is 0 Å². The van der Waals surface area contributed by atoms with Crippen LogP contribution in [0.1, 0.15) is 77.7 Å². The summed E-state index contributed by atoms with van der Waals surface area (Å²) in [5.74, 6) is 0. The minimum atomic E-state index is 0.241. The Hall–Kier alpha value is -2.28. The Balaban J connectivity index is 1.52. The van der Waals surface area contributed by atoms with Gasteiger partial charge in [-0.1, -0.05) is 108 Å². The van der Waals surface area contributed by atoms with Gasteiger partial charge in [0.25, 0.3) is 0 Å². The van der Waals surface area contributed by atoms with Crippen LogP contribution in [0.4, 0.5) is 11.4 Å². The van der Waals surface area contributed by atoms with Crippen molar-refractivity contribution in [3.05, 3.63) is 72.3 Å². The fourth-order valence-corrected chi connectivity index (χ4v) is 4.11. The lowest BCUT2D eigenvalue weighted by atomic mass is 9.80. The van der Waals surface area contributed by atoms with Crippen LogP contribution < -0.4 is 5.32 Å². The zero-order chi connectivity index (χ0) is 20.5. The standard InChI is InChI=1S/C28H37N/c1-4-5-6-7-8-9-12-21-28(2,3)25-16-19-26(20-17-25)29-27-18-15-23-13-10-11-14-24(23)22-27/h10-11,13-20,22,29H,4-9,12,21H2,1-3H3. The molecule has 0 radical (unpaired) electrons. The minimum absolute atomic E-state index is 0.241. The normalized spacial score (nSPS) is 11.7. The van der Waals surface area contributed by atoms with Crippen LogP contribution in [0.15, 0.2) is 66.7 Å². The zero-order valence-electron chi connectivity index (χ0n) is 18.5. The predicted molar refractivity (Wildman–Crippen MR) is 129 cm³/mol. The zero-order valence-corrected chi connectivity index (χ0v) is 18.5. The highest BCUT2D eigenvalue weighted by molar-refractivity contribution is 5.86. The van der Waals surface area contributed by atoms with E-state index in [1.54, 1.807) is 0 Å². The van der Waals surface area contributed by atoms with Crippen LogP contribution >= 0.6 is 0 Å². The highest BCUT2D eigenvalue weighted by Crippen LogP contribution is 2.31. The van der Waals surface area contributed by atoms with Gasteiger partial charge in [-0.25, -0.2) is 0 Å². The Kier molecular flexibility index (Phi) is 7.75. The summed E-state index contributed by atoms with van der Waals surface area (Å²) >= 11 is 0. The molecule has 1 nitrogen and oxygen atoms in total. The van der Waals surface area contributed by atoms with E-state index in [0.29, 0.717) is 0 Å². The monoisotopic (exact) mass is 387 g/mol. The van der Waals surface area contributed by atoms with E-state index in [2.05, 4.69) is 92.8 Å². The third-order valence-electron chi connectivity index (χ3n) is 6.11. The average molecular weight is 388 g/mol. The van der Waals surface area contributed by atoms with Gasteiger partial charge in [0.15, 0.2) is 0 Å². The van der Waals surface area contributed by atoms with Gasteiger partial charge in [0, 0.05) is 11.4 Å². The van der Waals surface area contributed by atoms with E-state index in [1.807, 2.05) is 0 Å². The lowest BCUT2D eigenvalue weighted by Gasteiger charge is -2.25. The molecule has 0 aliphatic rings. The molecular weight excluding hydrogens is 350 g/mol. The van der Waals surface area contributed by atoms with Crippen molar-refractivity contribution < 1.29 is 0 Å². The van der Waals surface area contributed by atoms with Crippen LogP contribution in [0.2, 0.25) is 0 Å². The molecule has 3 aromatic carbocycles. The van der Waals surface area contributed by atoms with E-state index in [9.17, 15) is 0 Å². The molecule has 3 rings (SSSR count). The fraction of sp³-hybridized carbons (Fsp3) is 0.429. The summed E-state index contributed by atoms with van der Waals surface area (Å²) < 4.78 is 0. The van der Waals surface area contributed by atoms with Crippen LogP contribution in [0.5, 0.6) is 0 Å². The molecule has 1 heteroatoms. The number of benzene rings is 3. The summed E-state index contributed by atoms with van der Waals surface area (Å²) in [5.41, 5.74) is 3.97. The van der Waals surface area contributed by atoms with Gasteiger partial charge < -0.3 is 5.32 Å². The summed E-state index contributed by atoms with van der Waals surface area (Å²) in [4.78, 5) is 0. The number of fused-ring (bicyclic) bond motifs is 1. The lowest BCUT2D eigenvalue weighted by molar-refractivity contribution is 0.442. The third-order valence-corrected chi connectivity index (χ3v) is 6.11. The first-order valence-corrected chi connectivity index (χ1v) is 11.4. The number of unbranched alkanes of at least 4 members (excludes halogenated alkanes) is 6. The van der Waals surface area contributed by atoms with Gasteiger partial charge in [0.05, 0.1) is 0 Å². The number of nitrogens with one attached hydrogen (secondary N) is 1. The molecular formula is C28H37N. The molecule has 29 heavy (non-hydrogen) atoms. The minimum Gasteiger partial charge on any atom is -0.356 e. The van der Waals surface area contributed by atoms with Crippen LogP contribution in [0.3, 0.4) is 0 Å². The third kappa shape index (κ3) is 6.35. The van der Waals surface area contributed by atoms with E-state index < -0.39 is 0 Å². The van der Waals surface area contributed by atoms with Crippen molar-refractivity contribution in [3.63, 3.8) is 0 Å². The Labute approximate surface area is 177 Å². The molecule has 0 fully saturated rings. The number of rotatable bonds is 11. The van der Waals surface area contributed by atoms with E-state index in [4.69, 9.17) is 0 Å². The molecule has 0 bridgehead atoms. The van der Waals surface area contributed by atoms with Crippen LogP contribution in [0.25, 0.3) is 10.8 Å². The average Bonchev–Trinajstić information content (AvgIpc) is 2.73. The summed E-state index contributed by atoms with van der Waals surface area (Å²) in [6.45, 7) is 7.05. The van der Waals surface area contributed by atoms with Crippen LogP contribution in [-0.2, 0) is 5.41 Å². The van der Waals surface area contributed by atoms with E-state index in [1.165, 1.54) is 67.7 Å². The Bertz CT molecular complexity index is 876. The molecule has 0 atom stereocenters. The molecule has 154 valence electrons. The van der Waals surface area contributed by atoms with Gasteiger partial charge in [-0.15, -0.1) is 0 Å². The van der Waals surface area contributed by atoms with Crippen LogP contribution in [0, 0.1) is 0 Å². The summed E-state index contributed by atoms with van der Waals surface area (Å²) in [5, 5.41) is 6.10. The van der Waals surface area contributed by atoms with Crippen molar-refractivity contribution in [2.24, 2.45) is 0 Å². The fourth-order valence-electron chi connectivity index (χ4n) is 4.11. The molecule has 0 aliphatic heterocycles. The second-order valence-electron chi connectivity index (χ2n) is 9.02. The maximum atomic E-state index is 3.55. The van der Waals surface area contributed by atoms with Gasteiger partial charge in [-0.3, -0.25) is 0 Å². The summed E-state index contributed by atoms with van der Waals surface area (Å²) in [6.07, 6.45) is 10.9. The largest absolute Gasteiger partial charge is 0.356 e. The highest BCUT2D eigenvalue weighted by Gasteiger charge is 2.19. The Morgan fingerprint density at radius 3 is 2.00 bits per heavy atom. The molecule has 0 aromatic heterocycles. The molecule has 3 aromatic rings. The molecule has 0 spiro atoms. The van der Waals surface area contributed by atoms with Crippen molar-refractivity contribution in [2.45, 2.75) is 77.6 Å². The van der Waals surface area contributed by atoms with Crippen molar-refractivity contribution in [1.29, 1.82) is 0 Å². The van der Waals surface area contributed by atoms with Gasteiger partial charge >= 0.3 is 0 Å². The molecule has 0 aliphatic carbocycles. The van der Waals surface area contributed by atoms with E-state index in [-0.39, 0.29) is 5.41 Å². The molecule has 0 saturated heterocycles. The summed E-state index contributed by atoms with van der Waals surface area (Å²) in [7, 11) is 0. The first kappa shape index (κ1) is 21.4. The second kappa shape index (κ2) is 10.5. The molecule has 0 amide bonds. The van der Waals surface area contributed by atoms with Gasteiger partial charge in [-0.05, 0) is 52.4 Å². The molecule has 0 unspecified atom stereocenters. The highest BCUT2D eigenvalue weighted by atomic mass is 14.9.